The Morgan fingerprint density at radius 1 is 1.11 bits per heavy atom. The van der Waals surface area contributed by atoms with E-state index in [1.54, 1.807) is 12.1 Å². The molecule has 6 nitrogen and oxygen atoms in total. The van der Waals surface area contributed by atoms with Gasteiger partial charge in [0.2, 0.25) is 5.95 Å². The maximum Gasteiger partial charge on any atom is 0.377 e. The van der Waals surface area contributed by atoms with Crippen molar-refractivity contribution in [1.29, 1.82) is 0 Å². The van der Waals surface area contributed by atoms with Crippen molar-refractivity contribution in [2.75, 3.05) is 19.4 Å². The third-order valence-electron chi connectivity index (χ3n) is 5.17. The number of rotatable bonds is 4. The van der Waals surface area contributed by atoms with Crippen LogP contribution in [0, 0.1) is 0 Å². The summed E-state index contributed by atoms with van der Waals surface area (Å²) in [5.41, 5.74) is 3.47. The predicted octanol–water partition coefficient (Wildman–Crippen LogP) is 4.50. The number of hydrogen-bond donors (Lipinski definition) is 2. The number of aromatic nitrogens is 2. The normalized spacial score (nSPS) is 15.4. The van der Waals surface area contributed by atoms with Gasteiger partial charge in [-0.1, -0.05) is 25.0 Å². The lowest BCUT2D eigenvalue weighted by molar-refractivity contribution is -1.00. The number of quaternary nitrogens is 1. The molecule has 1 saturated carbocycles. The molecule has 140 valence electrons. The van der Waals surface area contributed by atoms with E-state index in [-0.39, 0.29) is 5.91 Å². The fourth-order valence-electron chi connectivity index (χ4n) is 3.81. The van der Waals surface area contributed by atoms with Crippen molar-refractivity contribution in [3.8, 4) is 0 Å². The molecule has 0 spiro atoms. The third kappa shape index (κ3) is 3.46. The molecule has 1 fully saturated rings. The third-order valence-corrected chi connectivity index (χ3v) is 5.17. The first-order chi connectivity index (χ1) is 12.9. The molecular formula is C21H25N4O2+. The number of imidazole rings is 1. The smallest absolute Gasteiger partial charge is 0.326 e. The van der Waals surface area contributed by atoms with Crippen LogP contribution in [-0.4, -0.2) is 39.4 Å². The molecule has 4 rings (SSSR count). The second-order valence-corrected chi connectivity index (χ2v) is 7.63. The number of nitrogens with one attached hydrogen (secondary N) is 1. The summed E-state index contributed by atoms with van der Waals surface area (Å²) in [6.07, 6.45) is 4.85. The zero-order valence-electron chi connectivity index (χ0n) is 15.7. The zero-order valence-corrected chi connectivity index (χ0v) is 15.7. The molecule has 3 aromatic rings. The average molecular weight is 365 g/mol. The Morgan fingerprint density at radius 3 is 2.44 bits per heavy atom. The standard InChI is InChI=1S/C21H24N4O2/c1-25(2,27)20(26)15-11-13-16(14-12-15)22-21-23-18-9-5-6-10-19(18)24(21)17-7-3-4-8-17/h5-6,9-14,17,27H,3-4,7-8H2,1-2H3/p+1. The van der Waals surface area contributed by atoms with E-state index in [1.165, 1.54) is 39.8 Å². The van der Waals surface area contributed by atoms with Gasteiger partial charge in [0.25, 0.3) is 0 Å². The van der Waals surface area contributed by atoms with Crippen LogP contribution in [0.5, 0.6) is 0 Å². The van der Waals surface area contributed by atoms with Crippen molar-refractivity contribution < 1.29 is 14.6 Å². The maximum atomic E-state index is 12.2. The minimum Gasteiger partial charge on any atom is -0.326 e. The molecule has 2 aromatic carbocycles. The van der Waals surface area contributed by atoms with Gasteiger partial charge in [-0.05, 0) is 49.2 Å². The van der Waals surface area contributed by atoms with Crippen LogP contribution in [-0.2, 0) is 0 Å². The molecule has 1 aliphatic rings. The average Bonchev–Trinajstić information content (AvgIpc) is 3.28. The summed E-state index contributed by atoms with van der Waals surface area (Å²) in [7, 11) is 2.89. The molecule has 0 unspecified atom stereocenters. The minimum absolute atomic E-state index is 0.347. The number of hydrogen-bond acceptors (Lipinski definition) is 4. The summed E-state index contributed by atoms with van der Waals surface area (Å²) in [4.78, 5) is 17.0. The van der Waals surface area contributed by atoms with Crippen LogP contribution in [0.2, 0.25) is 0 Å². The number of anilines is 2. The molecular weight excluding hydrogens is 340 g/mol. The van der Waals surface area contributed by atoms with Gasteiger partial charge in [-0.15, -0.1) is 4.65 Å². The van der Waals surface area contributed by atoms with Gasteiger partial charge in [-0.25, -0.2) is 15.0 Å². The fraction of sp³-hybridized carbons (Fsp3) is 0.333. The maximum absolute atomic E-state index is 12.2. The summed E-state index contributed by atoms with van der Waals surface area (Å²) < 4.78 is 1.60. The van der Waals surface area contributed by atoms with Gasteiger partial charge < -0.3 is 9.88 Å². The van der Waals surface area contributed by atoms with Crippen LogP contribution in [0.25, 0.3) is 11.0 Å². The van der Waals surface area contributed by atoms with Crippen LogP contribution >= 0.6 is 0 Å². The van der Waals surface area contributed by atoms with Crippen molar-refractivity contribution in [3.05, 3.63) is 54.1 Å². The number of carbonyl (C=O) groups excluding carboxylic acids is 1. The summed E-state index contributed by atoms with van der Waals surface area (Å²) in [5.74, 6) is 0.486. The highest BCUT2D eigenvalue weighted by Gasteiger charge is 2.26. The first-order valence-corrected chi connectivity index (χ1v) is 9.39. The molecule has 0 bridgehead atoms. The molecule has 2 N–H and O–H groups in total. The fourth-order valence-corrected chi connectivity index (χ4v) is 3.81. The molecule has 0 radical (unpaired) electrons. The van der Waals surface area contributed by atoms with Crippen LogP contribution < -0.4 is 5.32 Å². The highest BCUT2D eigenvalue weighted by Crippen LogP contribution is 2.36. The van der Waals surface area contributed by atoms with Crippen LogP contribution in [0.15, 0.2) is 48.5 Å². The van der Waals surface area contributed by atoms with Crippen LogP contribution in [0.3, 0.4) is 0 Å². The SMILES string of the molecule is C[N+](C)(O)C(=O)c1ccc(Nc2nc3ccccc3n2C2CCCC2)cc1. The van der Waals surface area contributed by atoms with E-state index in [4.69, 9.17) is 4.98 Å². The van der Waals surface area contributed by atoms with E-state index >= 15 is 0 Å². The lowest BCUT2D eigenvalue weighted by atomic mass is 10.2. The Balaban J connectivity index is 1.65. The Hall–Kier alpha value is -2.70. The van der Waals surface area contributed by atoms with Gasteiger partial charge in [0.1, 0.15) is 14.1 Å². The van der Waals surface area contributed by atoms with Crippen molar-refractivity contribution in [2.45, 2.75) is 31.7 Å². The van der Waals surface area contributed by atoms with Gasteiger partial charge in [0.05, 0.1) is 16.6 Å². The predicted molar refractivity (Wildman–Crippen MR) is 105 cm³/mol. The van der Waals surface area contributed by atoms with Gasteiger partial charge in [0.15, 0.2) is 0 Å². The number of benzene rings is 2. The summed E-state index contributed by atoms with van der Waals surface area (Å²) in [6, 6.07) is 15.8. The number of hydroxylamine groups is 3. The van der Waals surface area contributed by atoms with E-state index in [0.717, 1.165) is 22.7 Å². The Bertz CT molecular complexity index is 964. The number of amides is 1. The van der Waals surface area contributed by atoms with Crippen LogP contribution in [0.4, 0.5) is 11.6 Å². The quantitative estimate of drug-likeness (QED) is 0.406. The second kappa shape index (κ2) is 6.79. The highest BCUT2D eigenvalue weighted by molar-refractivity contribution is 5.89. The minimum atomic E-state index is -0.718. The van der Waals surface area contributed by atoms with Gasteiger partial charge in [-0.2, -0.15) is 0 Å². The topological polar surface area (TPSA) is 67.2 Å². The first kappa shape index (κ1) is 17.7. The Labute approximate surface area is 158 Å². The van der Waals surface area contributed by atoms with Crippen LogP contribution in [0.1, 0.15) is 42.1 Å². The molecule has 0 saturated heterocycles. The van der Waals surface area contributed by atoms with E-state index in [9.17, 15) is 10.0 Å². The van der Waals surface area contributed by atoms with Gasteiger partial charge >= 0.3 is 5.91 Å². The summed E-state index contributed by atoms with van der Waals surface area (Å²) in [5, 5.41) is 13.3. The van der Waals surface area contributed by atoms with E-state index in [2.05, 4.69) is 22.0 Å². The van der Waals surface area contributed by atoms with E-state index in [1.807, 2.05) is 24.3 Å². The number of nitrogens with zero attached hydrogens (tertiary/aromatic N) is 3. The molecule has 1 aromatic heterocycles. The first-order valence-electron chi connectivity index (χ1n) is 9.39. The summed E-state index contributed by atoms with van der Waals surface area (Å²) in [6.45, 7) is 0. The number of para-hydroxylation sites is 2. The lowest BCUT2D eigenvalue weighted by Gasteiger charge is -2.18. The molecule has 1 aliphatic carbocycles. The van der Waals surface area contributed by atoms with Gasteiger partial charge in [-0.3, -0.25) is 0 Å². The highest BCUT2D eigenvalue weighted by atomic mass is 16.6. The zero-order chi connectivity index (χ0) is 19.0. The molecule has 0 atom stereocenters. The molecule has 27 heavy (non-hydrogen) atoms. The Kier molecular flexibility index (Phi) is 4.45. The van der Waals surface area contributed by atoms with E-state index in [0.29, 0.717) is 11.6 Å². The van der Waals surface area contributed by atoms with Gasteiger partial charge in [0, 0.05) is 11.7 Å². The molecule has 1 heterocycles. The number of carbonyl (C=O) groups is 1. The second-order valence-electron chi connectivity index (χ2n) is 7.63. The largest absolute Gasteiger partial charge is 0.377 e. The summed E-state index contributed by atoms with van der Waals surface area (Å²) >= 11 is 0. The van der Waals surface area contributed by atoms with Crippen molar-refractivity contribution in [2.24, 2.45) is 0 Å². The number of fused-ring (bicyclic) bond motifs is 1. The van der Waals surface area contributed by atoms with Crippen molar-refractivity contribution >= 4 is 28.6 Å². The van der Waals surface area contributed by atoms with Crippen molar-refractivity contribution in [3.63, 3.8) is 0 Å². The van der Waals surface area contributed by atoms with Crippen molar-refractivity contribution in [1.82, 2.24) is 9.55 Å². The van der Waals surface area contributed by atoms with E-state index < -0.39 is 4.65 Å². The lowest BCUT2D eigenvalue weighted by Crippen LogP contribution is -2.41. The molecule has 6 heteroatoms. The molecule has 0 aliphatic heterocycles. The Morgan fingerprint density at radius 2 is 1.78 bits per heavy atom. The molecule has 1 amide bonds. The monoisotopic (exact) mass is 365 g/mol.